The number of nitrogens with two attached hydrogens (primary N) is 1. The van der Waals surface area contributed by atoms with Crippen molar-refractivity contribution in [1.29, 1.82) is 0 Å². The number of hydrogen-bond acceptors (Lipinski definition) is 5. The van der Waals surface area contributed by atoms with Gasteiger partial charge in [0.05, 0.1) is 4.92 Å². The molecule has 0 bridgehead atoms. The minimum Gasteiger partial charge on any atom is -0.330 e. The number of non-ortho nitro benzene ring substituents is 1. The van der Waals surface area contributed by atoms with Gasteiger partial charge in [-0.1, -0.05) is 12.1 Å². The molecule has 0 aliphatic carbocycles. The minimum atomic E-state index is -1.29. The molecule has 0 radical (unpaired) electrons. The highest BCUT2D eigenvalue weighted by molar-refractivity contribution is 6.07. The second kappa shape index (κ2) is 5.49. The van der Waals surface area contributed by atoms with Gasteiger partial charge in [0.2, 0.25) is 0 Å². The van der Waals surface area contributed by atoms with Gasteiger partial charge in [-0.2, -0.15) is 0 Å². The number of nitro benzene ring substituents is 1. The Balaban J connectivity index is 2.34. The van der Waals surface area contributed by atoms with Crippen molar-refractivity contribution in [2.45, 2.75) is 18.9 Å². The van der Waals surface area contributed by atoms with Gasteiger partial charge in [0.25, 0.3) is 11.6 Å². The molecule has 1 aromatic rings. The van der Waals surface area contributed by atoms with Crippen LogP contribution < -0.4 is 11.1 Å². The molecule has 8 nitrogen and oxygen atoms in total. The molecular weight excluding hydrogens is 276 g/mol. The van der Waals surface area contributed by atoms with Crippen LogP contribution in [-0.4, -0.2) is 34.9 Å². The maximum absolute atomic E-state index is 12.5. The topological polar surface area (TPSA) is 119 Å². The molecule has 1 atom stereocenters. The van der Waals surface area contributed by atoms with Crippen molar-refractivity contribution in [3.8, 4) is 0 Å². The fraction of sp³-hybridized carbons (Fsp3) is 0.385. The first-order chi connectivity index (χ1) is 9.90. The highest BCUT2D eigenvalue weighted by Crippen LogP contribution is 2.30. The van der Waals surface area contributed by atoms with Gasteiger partial charge in [-0.25, -0.2) is 4.79 Å². The first kappa shape index (κ1) is 14.9. The Morgan fingerprint density at radius 1 is 1.43 bits per heavy atom. The van der Waals surface area contributed by atoms with E-state index in [4.69, 9.17) is 5.73 Å². The minimum absolute atomic E-state index is 0.129. The van der Waals surface area contributed by atoms with Crippen LogP contribution in [0, 0.1) is 10.1 Å². The van der Waals surface area contributed by atoms with Crippen LogP contribution in [0.15, 0.2) is 24.3 Å². The molecule has 3 N–H and O–H groups in total. The average Bonchev–Trinajstić information content (AvgIpc) is 2.68. The van der Waals surface area contributed by atoms with Crippen molar-refractivity contribution in [2.24, 2.45) is 5.73 Å². The summed E-state index contributed by atoms with van der Waals surface area (Å²) in [5.74, 6) is -0.429. The van der Waals surface area contributed by atoms with E-state index >= 15 is 0 Å². The summed E-state index contributed by atoms with van der Waals surface area (Å²) in [5.41, 5.74) is 4.34. The number of carbonyl (C=O) groups excluding carboxylic acids is 2. The predicted octanol–water partition coefficient (Wildman–Crippen LogP) is 0.711. The van der Waals surface area contributed by atoms with Crippen LogP contribution >= 0.6 is 0 Å². The first-order valence-corrected chi connectivity index (χ1v) is 6.49. The van der Waals surface area contributed by atoms with Crippen molar-refractivity contribution in [1.82, 2.24) is 10.2 Å². The fourth-order valence-electron chi connectivity index (χ4n) is 2.28. The Morgan fingerprint density at radius 3 is 2.76 bits per heavy atom. The lowest BCUT2D eigenvalue weighted by atomic mass is 9.91. The van der Waals surface area contributed by atoms with Gasteiger partial charge in [-0.05, 0) is 25.5 Å². The van der Waals surface area contributed by atoms with E-state index in [1.54, 1.807) is 6.07 Å². The van der Waals surface area contributed by atoms with Crippen LogP contribution in [0.3, 0.4) is 0 Å². The van der Waals surface area contributed by atoms with Crippen LogP contribution in [0.25, 0.3) is 0 Å². The maximum atomic E-state index is 12.5. The molecule has 21 heavy (non-hydrogen) atoms. The fourth-order valence-corrected chi connectivity index (χ4v) is 2.28. The molecule has 0 spiro atoms. The van der Waals surface area contributed by atoms with E-state index in [0.717, 1.165) is 4.90 Å². The second-order valence-corrected chi connectivity index (χ2v) is 4.96. The number of nitro groups is 1. The highest BCUT2D eigenvalue weighted by Gasteiger charge is 2.48. The standard InChI is InChI=1S/C13H16N4O4/c1-13(9-4-2-5-10(8-9)17(20)21)11(18)16(7-3-6-14)12(19)15-13/h2,4-5,8H,3,6-7,14H2,1H3,(H,15,19). The van der Waals surface area contributed by atoms with Crippen LogP contribution in [0.1, 0.15) is 18.9 Å². The van der Waals surface area contributed by atoms with E-state index in [1.165, 1.54) is 25.1 Å². The Kier molecular flexibility index (Phi) is 3.90. The third-order valence-electron chi connectivity index (χ3n) is 3.50. The summed E-state index contributed by atoms with van der Waals surface area (Å²) in [7, 11) is 0. The number of nitrogens with one attached hydrogen (secondary N) is 1. The number of imide groups is 1. The average molecular weight is 292 g/mol. The number of hydrogen-bond donors (Lipinski definition) is 2. The molecule has 1 aliphatic rings. The number of rotatable bonds is 5. The summed E-state index contributed by atoms with van der Waals surface area (Å²) in [6, 6.07) is 5.19. The molecule has 0 aromatic heterocycles. The van der Waals surface area contributed by atoms with E-state index in [2.05, 4.69) is 5.32 Å². The maximum Gasteiger partial charge on any atom is 0.325 e. The Morgan fingerprint density at radius 2 is 2.14 bits per heavy atom. The molecule has 1 saturated heterocycles. The lowest BCUT2D eigenvalue weighted by Gasteiger charge is -2.22. The molecule has 1 unspecified atom stereocenters. The molecule has 1 aromatic carbocycles. The Hall–Kier alpha value is -2.48. The second-order valence-electron chi connectivity index (χ2n) is 4.96. The number of carbonyl (C=O) groups is 2. The van der Waals surface area contributed by atoms with Gasteiger partial charge in [0.15, 0.2) is 0 Å². The van der Waals surface area contributed by atoms with Gasteiger partial charge in [-0.15, -0.1) is 0 Å². The van der Waals surface area contributed by atoms with Gasteiger partial charge in [-0.3, -0.25) is 19.8 Å². The number of benzene rings is 1. The van der Waals surface area contributed by atoms with Crippen molar-refractivity contribution < 1.29 is 14.5 Å². The van der Waals surface area contributed by atoms with Gasteiger partial charge < -0.3 is 11.1 Å². The summed E-state index contributed by atoms with van der Waals surface area (Å²) in [5, 5.41) is 13.4. The molecule has 0 saturated carbocycles. The summed E-state index contributed by atoms with van der Waals surface area (Å²) in [6.07, 6.45) is 0.504. The van der Waals surface area contributed by atoms with E-state index < -0.39 is 22.4 Å². The lowest BCUT2D eigenvalue weighted by Crippen LogP contribution is -2.41. The van der Waals surface area contributed by atoms with E-state index in [0.29, 0.717) is 18.5 Å². The molecule has 8 heteroatoms. The molecule has 1 aliphatic heterocycles. The smallest absolute Gasteiger partial charge is 0.325 e. The highest BCUT2D eigenvalue weighted by atomic mass is 16.6. The van der Waals surface area contributed by atoms with E-state index in [1.807, 2.05) is 0 Å². The zero-order chi connectivity index (χ0) is 15.6. The van der Waals surface area contributed by atoms with E-state index in [9.17, 15) is 19.7 Å². The summed E-state index contributed by atoms with van der Waals surface area (Å²) in [6.45, 7) is 2.13. The SMILES string of the molecule is CC1(c2cccc([N+](=O)[O-])c2)NC(=O)N(CCCN)C1=O. The summed E-state index contributed by atoms with van der Waals surface area (Å²) in [4.78, 5) is 35.8. The van der Waals surface area contributed by atoms with Crippen molar-refractivity contribution >= 4 is 17.6 Å². The van der Waals surface area contributed by atoms with E-state index in [-0.39, 0.29) is 12.2 Å². The van der Waals surface area contributed by atoms with Crippen LogP contribution in [0.4, 0.5) is 10.5 Å². The monoisotopic (exact) mass is 292 g/mol. The normalized spacial score (nSPS) is 21.5. The third kappa shape index (κ3) is 2.57. The van der Waals surface area contributed by atoms with Crippen LogP contribution in [-0.2, 0) is 10.3 Å². The molecule has 1 fully saturated rings. The van der Waals surface area contributed by atoms with Crippen LogP contribution in [0.5, 0.6) is 0 Å². The lowest BCUT2D eigenvalue weighted by molar-refractivity contribution is -0.385. The summed E-state index contributed by atoms with van der Waals surface area (Å²) < 4.78 is 0. The molecule has 112 valence electrons. The molecular formula is C13H16N4O4. The third-order valence-corrected chi connectivity index (χ3v) is 3.50. The molecule has 2 rings (SSSR count). The van der Waals surface area contributed by atoms with Crippen LogP contribution in [0.2, 0.25) is 0 Å². The Labute approximate surface area is 121 Å². The number of nitrogens with zero attached hydrogens (tertiary/aromatic N) is 2. The largest absolute Gasteiger partial charge is 0.330 e. The predicted molar refractivity (Wildman–Crippen MR) is 74.4 cm³/mol. The molecule has 3 amide bonds. The zero-order valence-corrected chi connectivity index (χ0v) is 11.5. The number of urea groups is 1. The zero-order valence-electron chi connectivity index (χ0n) is 11.5. The van der Waals surface area contributed by atoms with Crippen molar-refractivity contribution in [2.75, 3.05) is 13.1 Å². The van der Waals surface area contributed by atoms with Gasteiger partial charge in [0, 0.05) is 18.7 Å². The first-order valence-electron chi connectivity index (χ1n) is 6.49. The summed E-state index contributed by atoms with van der Waals surface area (Å²) >= 11 is 0. The van der Waals surface area contributed by atoms with Gasteiger partial charge >= 0.3 is 6.03 Å². The quantitative estimate of drug-likeness (QED) is 0.470. The Bertz CT molecular complexity index is 604. The number of amides is 3. The van der Waals surface area contributed by atoms with Gasteiger partial charge in [0.1, 0.15) is 5.54 Å². The van der Waals surface area contributed by atoms with Crippen molar-refractivity contribution in [3.63, 3.8) is 0 Å². The molecule has 1 heterocycles. The van der Waals surface area contributed by atoms with Crippen molar-refractivity contribution in [3.05, 3.63) is 39.9 Å².